The molecule has 0 fully saturated rings. The molecule has 1 amide bonds. The molecule has 0 bridgehead atoms. The van der Waals surface area contributed by atoms with E-state index in [2.05, 4.69) is 5.32 Å². The number of carbonyl (C=O) groups excluding carboxylic acids is 2. The fraction of sp³-hybridized carbons (Fsp3) is 0.300. The Bertz CT molecular complexity index is 804. The maximum absolute atomic E-state index is 13.6. The van der Waals surface area contributed by atoms with Crippen molar-refractivity contribution >= 4 is 17.6 Å². The van der Waals surface area contributed by atoms with Crippen molar-refractivity contribution in [3.63, 3.8) is 0 Å². The third-order valence-corrected chi connectivity index (χ3v) is 3.93. The summed E-state index contributed by atoms with van der Waals surface area (Å²) in [6, 6.07) is 9.99. The quantitative estimate of drug-likeness (QED) is 0.769. The van der Waals surface area contributed by atoms with E-state index in [0.29, 0.717) is 5.56 Å². The van der Waals surface area contributed by atoms with Crippen LogP contribution in [0.1, 0.15) is 23.6 Å². The van der Waals surface area contributed by atoms with Crippen molar-refractivity contribution < 1.29 is 23.5 Å². The van der Waals surface area contributed by atoms with Gasteiger partial charge >= 0.3 is 5.97 Å². The molecule has 0 saturated heterocycles. The van der Waals surface area contributed by atoms with Crippen molar-refractivity contribution in [2.75, 3.05) is 19.0 Å². The van der Waals surface area contributed by atoms with Crippen molar-refractivity contribution in [1.82, 2.24) is 0 Å². The van der Waals surface area contributed by atoms with Crippen LogP contribution in [0.5, 0.6) is 5.75 Å². The number of para-hydroxylation sites is 1. The summed E-state index contributed by atoms with van der Waals surface area (Å²) in [5.74, 6) is -1.47. The first kappa shape index (κ1) is 19.4. The molecule has 26 heavy (non-hydrogen) atoms. The van der Waals surface area contributed by atoms with E-state index in [1.165, 1.54) is 19.2 Å². The molecular formula is C20H22FNO4. The summed E-state index contributed by atoms with van der Waals surface area (Å²) in [5, 5.41) is 2.78. The normalized spacial score (nSPS) is 10.3. The second kappa shape index (κ2) is 8.99. The summed E-state index contributed by atoms with van der Waals surface area (Å²) >= 11 is 0. The number of benzene rings is 2. The molecule has 0 atom stereocenters. The predicted molar refractivity (Wildman–Crippen MR) is 96.8 cm³/mol. The zero-order valence-corrected chi connectivity index (χ0v) is 15.1. The van der Waals surface area contributed by atoms with Crippen molar-refractivity contribution in [2.24, 2.45) is 0 Å². The molecule has 0 aliphatic heterocycles. The molecule has 2 aromatic carbocycles. The molecule has 0 radical (unpaired) electrons. The van der Waals surface area contributed by atoms with Gasteiger partial charge in [-0.1, -0.05) is 31.2 Å². The number of hydrogen-bond acceptors (Lipinski definition) is 4. The number of rotatable bonds is 7. The number of methoxy groups -OCH3 is 1. The fourth-order valence-electron chi connectivity index (χ4n) is 2.56. The minimum Gasteiger partial charge on any atom is -0.494 e. The Kier molecular flexibility index (Phi) is 6.72. The molecular weight excluding hydrogens is 337 g/mol. The Morgan fingerprint density at radius 1 is 1.19 bits per heavy atom. The molecule has 2 rings (SSSR count). The van der Waals surface area contributed by atoms with Crippen molar-refractivity contribution in [3.05, 3.63) is 58.9 Å². The molecule has 0 aromatic heterocycles. The molecule has 0 aliphatic rings. The molecule has 0 heterocycles. The largest absolute Gasteiger partial charge is 0.494 e. The lowest BCUT2D eigenvalue weighted by atomic mass is 10.1. The zero-order valence-electron chi connectivity index (χ0n) is 15.1. The SMILES string of the molecule is CCc1cccc(C)c1NC(=O)COC(=O)Cc1ccc(OC)c(F)c1. The number of ether oxygens (including phenoxy) is 2. The number of carbonyl (C=O) groups is 2. The van der Waals surface area contributed by atoms with E-state index in [1.54, 1.807) is 6.07 Å². The maximum atomic E-state index is 13.6. The highest BCUT2D eigenvalue weighted by atomic mass is 19.1. The van der Waals surface area contributed by atoms with Gasteiger partial charge in [0.2, 0.25) is 0 Å². The van der Waals surface area contributed by atoms with Gasteiger partial charge in [-0.25, -0.2) is 4.39 Å². The first-order valence-electron chi connectivity index (χ1n) is 8.31. The third kappa shape index (κ3) is 5.05. The van der Waals surface area contributed by atoms with Crippen LogP contribution in [-0.2, 0) is 27.2 Å². The first-order valence-corrected chi connectivity index (χ1v) is 8.31. The number of nitrogens with one attached hydrogen (secondary N) is 1. The van der Waals surface area contributed by atoms with Gasteiger partial charge in [0.25, 0.3) is 5.91 Å². The molecule has 1 N–H and O–H groups in total. The molecule has 0 unspecified atom stereocenters. The lowest BCUT2D eigenvalue weighted by molar-refractivity contribution is -0.146. The van der Waals surface area contributed by atoms with Crippen LogP contribution in [-0.4, -0.2) is 25.6 Å². The standard InChI is InChI=1S/C20H22FNO4/c1-4-15-7-5-6-13(2)20(15)22-18(23)12-26-19(24)11-14-8-9-17(25-3)16(21)10-14/h5-10H,4,11-12H2,1-3H3,(H,22,23). The zero-order chi connectivity index (χ0) is 19.1. The van der Waals surface area contributed by atoms with Gasteiger partial charge in [-0.2, -0.15) is 0 Å². The third-order valence-electron chi connectivity index (χ3n) is 3.93. The highest BCUT2D eigenvalue weighted by Crippen LogP contribution is 2.21. The van der Waals surface area contributed by atoms with Crippen LogP contribution in [0.15, 0.2) is 36.4 Å². The van der Waals surface area contributed by atoms with Crippen molar-refractivity contribution in [1.29, 1.82) is 0 Å². The highest BCUT2D eigenvalue weighted by molar-refractivity contribution is 5.94. The Balaban J connectivity index is 1.89. The van der Waals surface area contributed by atoms with E-state index in [4.69, 9.17) is 9.47 Å². The van der Waals surface area contributed by atoms with Gasteiger partial charge in [0.1, 0.15) is 0 Å². The maximum Gasteiger partial charge on any atom is 0.310 e. The van der Waals surface area contributed by atoms with E-state index in [-0.39, 0.29) is 12.2 Å². The number of anilines is 1. The molecule has 0 saturated carbocycles. The van der Waals surface area contributed by atoms with E-state index in [9.17, 15) is 14.0 Å². The molecule has 0 aliphatic carbocycles. The van der Waals surface area contributed by atoms with Crippen LogP contribution in [0.4, 0.5) is 10.1 Å². The van der Waals surface area contributed by atoms with Crippen LogP contribution in [0.25, 0.3) is 0 Å². The Morgan fingerprint density at radius 2 is 1.96 bits per heavy atom. The fourth-order valence-corrected chi connectivity index (χ4v) is 2.56. The first-order chi connectivity index (χ1) is 12.4. The minimum absolute atomic E-state index is 0.103. The number of halogens is 1. The Hall–Kier alpha value is -2.89. The summed E-state index contributed by atoms with van der Waals surface area (Å²) in [7, 11) is 1.36. The molecule has 2 aromatic rings. The smallest absolute Gasteiger partial charge is 0.310 e. The van der Waals surface area contributed by atoms with E-state index in [0.717, 1.165) is 23.2 Å². The van der Waals surface area contributed by atoms with Gasteiger partial charge in [-0.05, 0) is 42.2 Å². The second-order valence-electron chi connectivity index (χ2n) is 5.82. The average Bonchev–Trinajstić information content (AvgIpc) is 2.62. The van der Waals surface area contributed by atoms with Crippen LogP contribution >= 0.6 is 0 Å². The molecule has 0 spiro atoms. The van der Waals surface area contributed by atoms with Crippen LogP contribution in [0.3, 0.4) is 0 Å². The van der Waals surface area contributed by atoms with Crippen molar-refractivity contribution in [2.45, 2.75) is 26.7 Å². The number of amides is 1. The topological polar surface area (TPSA) is 64.6 Å². The Morgan fingerprint density at radius 3 is 2.62 bits per heavy atom. The summed E-state index contributed by atoms with van der Waals surface area (Å²) in [4.78, 5) is 23.9. The lowest BCUT2D eigenvalue weighted by Gasteiger charge is -2.13. The number of aryl methyl sites for hydroxylation is 2. The molecule has 6 heteroatoms. The van der Waals surface area contributed by atoms with E-state index >= 15 is 0 Å². The predicted octanol–water partition coefficient (Wildman–Crippen LogP) is 3.43. The summed E-state index contributed by atoms with van der Waals surface area (Å²) in [6.45, 7) is 3.51. The van der Waals surface area contributed by atoms with E-state index in [1.807, 2.05) is 32.0 Å². The van der Waals surface area contributed by atoms with Crippen LogP contribution < -0.4 is 10.1 Å². The van der Waals surface area contributed by atoms with Crippen molar-refractivity contribution in [3.8, 4) is 5.75 Å². The monoisotopic (exact) mass is 359 g/mol. The average molecular weight is 359 g/mol. The summed E-state index contributed by atoms with van der Waals surface area (Å²) in [6.07, 6.45) is 0.652. The number of hydrogen-bond donors (Lipinski definition) is 1. The molecule has 5 nitrogen and oxygen atoms in total. The highest BCUT2D eigenvalue weighted by Gasteiger charge is 2.13. The van der Waals surface area contributed by atoms with Gasteiger partial charge in [-0.15, -0.1) is 0 Å². The van der Waals surface area contributed by atoms with Gasteiger partial charge in [0.15, 0.2) is 18.2 Å². The lowest BCUT2D eigenvalue weighted by Crippen LogP contribution is -2.22. The van der Waals surface area contributed by atoms with Gasteiger partial charge in [0.05, 0.1) is 13.5 Å². The van der Waals surface area contributed by atoms with Gasteiger partial charge in [0, 0.05) is 5.69 Å². The van der Waals surface area contributed by atoms with Crippen LogP contribution in [0, 0.1) is 12.7 Å². The van der Waals surface area contributed by atoms with Gasteiger partial charge < -0.3 is 14.8 Å². The second-order valence-corrected chi connectivity index (χ2v) is 5.82. The Labute approximate surface area is 152 Å². The van der Waals surface area contributed by atoms with E-state index < -0.39 is 24.3 Å². The van der Waals surface area contributed by atoms with Gasteiger partial charge in [-0.3, -0.25) is 9.59 Å². The minimum atomic E-state index is -0.606. The number of esters is 1. The summed E-state index contributed by atoms with van der Waals surface area (Å²) in [5.41, 5.74) is 3.14. The van der Waals surface area contributed by atoms with Crippen LogP contribution in [0.2, 0.25) is 0 Å². The summed E-state index contributed by atoms with van der Waals surface area (Å²) < 4.78 is 23.4. The molecule has 138 valence electrons.